The highest BCUT2D eigenvalue weighted by molar-refractivity contribution is 6.16. The number of halogens is 1. The largest absolute Gasteiger partial charge is 0.283 e. The van der Waals surface area contributed by atoms with Crippen LogP contribution in [-0.4, -0.2) is 19.7 Å². The summed E-state index contributed by atoms with van der Waals surface area (Å²) in [5.41, 5.74) is 0.920. The van der Waals surface area contributed by atoms with E-state index in [2.05, 4.69) is 15.2 Å². The molecule has 0 bridgehead atoms. The molecule has 2 aromatic rings. The summed E-state index contributed by atoms with van der Waals surface area (Å²) in [4.78, 5) is 4.00. The van der Waals surface area contributed by atoms with Crippen molar-refractivity contribution in [2.45, 2.75) is 5.88 Å². The van der Waals surface area contributed by atoms with Crippen molar-refractivity contribution in [3.63, 3.8) is 0 Å². The Morgan fingerprint density at radius 3 is 3.08 bits per heavy atom. The quantitative estimate of drug-likeness (QED) is 0.679. The van der Waals surface area contributed by atoms with Gasteiger partial charge in [0.25, 0.3) is 0 Å². The average Bonchev–Trinajstić information content (AvgIpc) is 2.67. The maximum absolute atomic E-state index is 5.68. The summed E-state index contributed by atoms with van der Waals surface area (Å²) in [6, 6.07) is 3.78. The van der Waals surface area contributed by atoms with Crippen LogP contribution in [0.1, 0.15) is 5.82 Å². The molecule has 0 amide bonds. The zero-order valence-electron chi connectivity index (χ0n) is 6.76. The van der Waals surface area contributed by atoms with Gasteiger partial charge in [-0.25, -0.2) is 0 Å². The van der Waals surface area contributed by atoms with Gasteiger partial charge in [-0.1, -0.05) is 0 Å². The van der Waals surface area contributed by atoms with E-state index in [0.717, 1.165) is 11.5 Å². The Morgan fingerprint density at radius 2 is 2.38 bits per heavy atom. The van der Waals surface area contributed by atoms with E-state index in [1.807, 2.05) is 12.1 Å². The van der Waals surface area contributed by atoms with Crippen molar-refractivity contribution in [3.8, 4) is 5.69 Å². The summed E-state index contributed by atoms with van der Waals surface area (Å²) in [7, 11) is 0. The first-order valence-corrected chi connectivity index (χ1v) is 4.30. The molecular formula is C8H7ClN4. The van der Waals surface area contributed by atoms with Crippen LogP contribution < -0.4 is 0 Å². The third kappa shape index (κ3) is 1.53. The molecule has 0 spiro atoms. The van der Waals surface area contributed by atoms with Crippen LogP contribution in [0, 0.1) is 0 Å². The molecule has 0 atom stereocenters. The van der Waals surface area contributed by atoms with E-state index in [0.29, 0.717) is 5.88 Å². The van der Waals surface area contributed by atoms with Crippen LogP contribution in [0.4, 0.5) is 0 Å². The van der Waals surface area contributed by atoms with Crippen LogP contribution in [0.2, 0.25) is 0 Å². The van der Waals surface area contributed by atoms with Gasteiger partial charge in [-0.15, -0.1) is 21.8 Å². The summed E-state index contributed by atoms with van der Waals surface area (Å²) >= 11 is 5.68. The van der Waals surface area contributed by atoms with Gasteiger partial charge in [0, 0.05) is 6.20 Å². The first kappa shape index (κ1) is 8.19. The molecule has 0 aromatic carbocycles. The fourth-order valence-corrected chi connectivity index (χ4v) is 1.24. The SMILES string of the molecule is ClCc1nncn1-c1cccnc1. The monoisotopic (exact) mass is 194 g/mol. The lowest BCUT2D eigenvalue weighted by atomic mass is 10.4. The van der Waals surface area contributed by atoms with Gasteiger partial charge >= 0.3 is 0 Å². The predicted molar refractivity (Wildman–Crippen MR) is 48.7 cm³/mol. The molecule has 66 valence electrons. The highest BCUT2D eigenvalue weighted by Gasteiger charge is 2.03. The summed E-state index contributed by atoms with van der Waals surface area (Å²) in [6.45, 7) is 0. The van der Waals surface area contributed by atoms with Gasteiger partial charge in [-0.2, -0.15) is 0 Å². The molecule has 0 unspecified atom stereocenters. The molecule has 0 saturated carbocycles. The third-order valence-corrected chi connectivity index (χ3v) is 1.90. The van der Waals surface area contributed by atoms with Crippen LogP contribution in [0.5, 0.6) is 0 Å². The molecule has 2 rings (SSSR count). The normalized spacial score (nSPS) is 10.2. The van der Waals surface area contributed by atoms with Crippen molar-refractivity contribution in [2.24, 2.45) is 0 Å². The van der Waals surface area contributed by atoms with Crippen molar-refractivity contribution >= 4 is 11.6 Å². The summed E-state index contributed by atoms with van der Waals surface area (Å²) in [6.07, 6.45) is 5.07. The molecule has 0 aliphatic heterocycles. The van der Waals surface area contributed by atoms with Crippen LogP contribution in [0.15, 0.2) is 30.9 Å². The Hall–Kier alpha value is -1.42. The standard InChI is InChI=1S/C8H7ClN4/c9-4-8-12-11-6-13(8)7-2-1-3-10-5-7/h1-3,5-6H,4H2. The van der Waals surface area contributed by atoms with E-state index in [1.54, 1.807) is 23.3 Å². The highest BCUT2D eigenvalue weighted by Crippen LogP contribution is 2.08. The summed E-state index contributed by atoms with van der Waals surface area (Å²) in [5.74, 6) is 1.06. The third-order valence-electron chi connectivity index (χ3n) is 1.66. The van der Waals surface area contributed by atoms with Gasteiger partial charge in [-0.05, 0) is 12.1 Å². The molecule has 4 nitrogen and oxygen atoms in total. The highest BCUT2D eigenvalue weighted by atomic mass is 35.5. The number of rotatable bonds is 2. The Bertz CT molecular complexity index is 384. The van der Waals surface area contributed by atoms with Gasteiger partial charge in [0.15, 0.2) is 5.82 Å². The molecular weight excluding hydrogens is 188 g/mol. The zero-order chi connectivity index (χ0) is 9.10. The summed E-state index contributed by atoms with van der Waals surface area (Å²) in [5, 5.41) is 7.63. The van der Waals surface area contributed by atoms with E-state index in [-0.39, 0.29) is 0 Å². The minimum Gasteiger partial charge on any atom is -0.283 e. The minimum atomic E-state index is 0.342. The number of pyridine rings is 1. The lowest BCUT2D eigenvalue weighted by Gasteiger charge is -2.01. The number of hydrogen-bond acceptors (Lipinski definition) is 3. The Morgan fingerprint density at radius 1 is 1.46 bits per heavy atom. The fourth-order valence-electron chi connectivity index (χ4n) is 1.06. The maximum atomic E-state index is 5.68. The average molecular weight is 195 g/mol. The van der Waals surface area contributed by atoms with Crippen molar-refractivity contribution in [1.29, 1.82) is 0 Å². The molecule has 2 heterocycles. The number of aromatic nitrogens is 4. The number of alkyl halides is 1. The molecule has 5 heteroatoms. The minimum absolute atomic E-state index is 0.342. The van der Waals surface area contributed by atoms with Gasteiger partial charge in [0.05, 0.1) is 17.8 Å². The molecule has 0 aliphatic carbocycles. The van der Waals surface area contributed by atoms with E-state index in [9.17, 15) is 0 Å². The lowest BCUT2D eigenvalue weighted by Crippen LogP contribution is -1.97. The van der Waals surface area contributed by atoms with E-state index in [4.69, 9.17) is 11.6 Å². The molecule has 0 fully saturated rings. The van der Waals surface area contributed by atoms with Gasteiger partial charge in [0.1, 0.15) is 6.33 Å². The van der Waals surface area contributed by atoms with E-state index < -0.39 is 0 Å². The fraction of sp³-hybridized carbons (Fsp3) is 0.125. The smallest absolute Gasteiger partial charge is 0.152 e. The van der Waals surface area contributed by atoms with Crippen molar-refractivity contribution in [2.75, 3.05) is 0 Å². The number of hydrogen-bond donors (Lipinski definition) is 0. The first-order chi connectivity index (χ1) is 6.42. The van der Waals surface area contributed by atoms with Gasteiger partial charge in [0.2, 0.25) is 0 Å². The van der Waals surface area contributed by atoms with Crippen LogP contribution in [0.3, 0.4) is 0 Å². The Labute approximate surface area is 80.2 Å². The molecule has 0 aliphatic rings. The van der Waals surface area contributed by atoms with E-state index >= 15 is 0 Å². The molecule has 0 saturated heterocycles. The molecule has 13 heavy (non-hydrogen) atoms. The van der Waals surface area contributed by atoms with E-state index in [1.165, 1.54) is 0 Å². The Balaban J connectivity index is 2.47. The van der Waals surface area contributed by atoms with Crippen molar-refractivity contribution < 1.29 is 0 Å². The molecule has 0 N–H and O–H groups in total. The molecule has 2 aromatic heterocycles. The van der Waals surface area contributed by atoms with Gasteiger partial charge < -0.3 is 0 Å². The zero-order valence-corrected chi connectivity index (χ0v) is 7.52. The second-order valence-corrected chi connectivity index (χ2v) is 2.73. The first-order valence-electron chi connectivity index (χ1n) is 3.77. The van der Waals surface area contributed by atoms with Crippen LogP contribution in [-0.2, 0) is 5.88 Å². The second-order valence-electron chi connectivity index (χ2n) is 2.46. The predicted octanol–water partition coefficient (Wildman–Crippen LogP) is 1.40. The van der Waals surface area contributed by atoms with Crippen molar-refractivity contribution in [3.05, 3.63) is 36.7 Å². The second kappa shape index (κ2) is 3.53. The molecule has 0 radical (unpaired) electrons. The topological polar surface area (TPSA) is 43.6 Å². The Kier molecular flexibility index (Phi) is 2.23. The number of nitrogens with zero attached hydrogens (tertiary/aromatic N) is 4. The van der Waals surface area contributed by atoms with Crippen LogP contribution in [0.25, 0.3) is 5.69 Å². The maximum Gasteiger partial charge on any atom is 0.152 e. The van der Waals surface area contributed by atoms with Crippen molar-refractivity contribution in [1.82, 2.24) is 19.7 Å². The van der Waals surface area contributed by atoms with Gasteiger partial charge in [-0.3, -0.25) is 9.55 Å². The van der Waals surface area contributed by atoms with Crippen LogP contribution >= 0.6 is 11.6 Å². The summed E-state index contributed by atoms with van der Waals surface area (Å²) < 4.78 is 1.81. The lowest BCUT2D eigenvalue weighted by molar-refractivity contribution is 0.944.